The fourth-order valence-corrected chi connectivity index (χ4v) is 7.62. The zero-order chi connectivity index (χ0) is 39.9. The summed E-state index contributed by atoms with van der Waals surface area (Å²) in [6.07, 6.45) is 4.27. The van der Waals surface area contributed by atoms with Gasteiger partial charge in [0.15, 0.2) is 5.82 Å². The lowest BCUT2D eigenvalue weighted by Gasteiger charge is -2.38. The topological polar surface area (TPSA) is 173 Å². The van der Waals surface area contributed by atoms with Crippen LogP contribution in [0.3, 0.4) is 0 Å². The van der Waals surface area contributed by atoms with Crippen LogP contribution in [-0.2, 0) is 14.4 Å². The average molecular weight is 795 g/mol. The SMILES string of the molecule is CNC(=O)c1ccccc1Nc1nc(Nc2ccc(N3CCN(C(=O)CN4CCC(c5ccc(NC6CCC(=O)NC6=O)cc5)CC4)CC3)cc2OC)ncc1Cl. The fourth-order valence-electron chi connectivity index (χ4n) is 7.48. The zero-order valence-electron chi connectivity index (χ0n) is 32.0. The van der Waals surface area contributed by atoms with E-state index in [1.807, 2.05) is 41.3 Å². The van der Waals surface area contributed by atoms with Crippen molar-refractivity contribution in [3.05, 3.63) is 89.1 Å². The number of ether oxygens (including phenoxy) is 1. The predicted molar refractivity (Wildman–Crippen MR) is 220 cm³/mol. The minimum Gasteiger partial charge on any atom is -0.494 e. The van der Waals surface area contributed by atoms with Gasteiger partial charge in [0, 0.05) is 57.1 Å². The van der Waals surface area contributed by atoms with E-state index in [9.17, 15) is 19.2 Å². The molecule has 15 nitrogen and oxygen atoms in total. The van der Waals surface area contributed by atoms with Crippen LogP contribution in [0.1, 0.15) is 47.5 Å². The van der Waals surface area contributed by atoms with E-state index in [4.69, 9.17) is 16.3 Å². The molecule has 0 spiro atoms. The van der Waals surface area contributed by atoms with Crippen molar-refractivity contribution in [2.75, 3.05) is 80.8 Å². The van der Waals surface area contributed by atoms with Crippen LogP contribution in [0.4, 0.5) is 34.5 Å². The van der Waals surface area contributed by atoms with Crippen LogP contribution in [0.2, 0.25) is 5.02 Å². The molecule has 4 amide bonds. The molecular weight excluding hydrogens is 748 g/mol. The van der Waals surface area contributed by atoms with E-state index >= 15 is 0 Å². The number of aromatic nitrogens is 2. The first-order chi connectivity index (χ1) is 27.7. The Kier molecular flexibility index (Phi) is 12.3. The number of carbonyl (C=O) groups is 4. The van der Waals surface area contributed by atoms with E-state index in [-0.39, 0.29) is 29.6 Å². The van der Waals surface area contributed by atoms with E-state index in [0.29, 0.717) is 85.0 Å². The van der Waals surface area contributed by atoms with Gasteiger partial charge in [-0.15, -0.1) is 0 Å². The van der Waals surface area contributed by atoms with Gasteiger partial charge in [-0.2, -0.15) is 4.98 Å². The summed E-state index contributed by atoms with van der Waals surface area (Å²) in [5.41, 5.74) is 4.77. The Labute approximate surface area is 336 Å². The highest BCUT2D eigenvalue weighted by atomic mass is 35.5. The number of benzene rings is 3. The molecule has 0 saturated carbocycles. The summed E-state index contributed by atoms with van der Waals surface area (Å²) >= 11 is 6.43. The van der Waals surface area contributed by atoms with Gasteiger partial charge in [-0.3, -0.25) is 29.4 Å². The molecule has 1 atom stereocenters. The molecule has 3 aliphatic rings. The van der Waals surface area contributed by atoms with Crippen molar-refractivity contribution >= 4 is 69.7 Å². The molecule has 0 radical (unpaired) electrons. The number of para-hydroxylation sites is 1. The van der Waals surface area contributed by atoms with Crippen LogP contribution >= 0.6 is 11.6 Å². The summed E-state index contributed by atoms with van der Waals surface area (Å²) in [6, 6.07) is 20.8. The van der Waals surface area contributed by atoms with Crippen molar-refractivity contribution in [1.82, 2.24) is 30.4 Å². The number of halogens is 1. The van der Waals surface area contributed by atoms with Gasteiger partial charge in [0.25, 0.3) is 5.91 Å². The van der Waals surface area contributed by atoms with E-state index < -0.39 is 6.04 Å². The summed E-state index contributed by atoms with van der Waals surface area (Å²) in [5.74, 6) is 1.06. The Bertz CT molecular complexity index is 2100. The zero-order valence-corrected chi connectivity index (χ0v) is 32.8. The molecule has 3 aliphatic heterocycles. The van der Waals surface area contributed by atoms with Crippen molar-refractivity contribution in [2.45, 2.75) is 37.6 Å². The van der Waals surface area contributed by atoms with Crippen molar-refractivity contribution in [3.63, 3.8) is 0 Å². The molecule has 16 heteroatoms. The molecule has 3 saturated heterocycles. The number of piperidine rings is 2. The lowest BCUT2D eigenvalue weighted by Crippen LogP contribution is -2.51. The highest BCUT2D eigenvalue weighted by molar-refractivity contribution is 6.33. The van der Waals surface area contributed by atoms with Crippen LogP contribution in [0.5, 0.6) is 5.75 Å². The summed E-state index contributed by atoms with van der Waals surface area (Å²) in [4.78, 5) is 64.7. The van der Waals surface area contributed by atoms with E-state index in [1.54, 1.807) is 32.4 Å². The summed E-state index contributed by atoms with van der Waals surface area (Å²) in [7, 11) is 3.18. The highest BCUT2D eigenvalue weighted by Crippen LogP contribution is 2.34. The monoisotopic (exact) mass is 794 g/mol. The maximum absolute atomic E-state index is 13.4. The van der Waals surface area contributed by atoms with Gasteiger partial charge in [-0.05, 0) is 80.2 Å². The maximum atomic E-state index is 13.4. The molecule has 7 rings (SSSR count). The molecule has 5 N–H and O–H groups in total. The Balaban J connectivity index is 0.878. The van der Waals surface area contributed by atoms with Crippen LogP contribution in [0, 0.1) is 0 Å². The van der Waals surface area contributed by atoms with Crippen LogP contribution < -0.4 is 36.2 Å². The van der Waals surface area contributed by atoms with Crippen molar-refractivity contribution in [1.29, 1.82) is 0 Å². The van der Waals surface area contributed by atoms with E-state index in [2.05, 4.69) is 58.5 Å². The van der Waals surface area contributed by atoms with Crippen LogP contribution in [0.15, 0.2) is 72.9 Å². The third-order valence-corrected chi connectivity index (χ3v) is 11.0. The Morgan fingerprint density at radius 3 is 2.39 bits per heavy atom. The first-order valence-electron chi connectivity index (χ1n) is 19.2. The molecule has 298 valence electrons. The Hall–Kier alpha value is -5.93. The van der Waals surface area contributed by atoms with Gasteiger partial charge in [-0.1, -0.05) is 35.9 Å². The molecule has 57 heavy (non-hydrogen) atoms. The maximum Gasteiger partial charge on any atom is 0.253 e. The van der Waals surface area contributed by atoms with Gasteiger partial charge < -0.3 is 35.8 Å². The molecule has 1 aromatic heterocycles. The number of hydrogen-bond donors (Lipinski definition) is 5. The number of carbonyl (C=O) groups excluding carboxylic acids is 4. The largest absolute Gasteiger partial charge is 0.494 e. The van der Waals surface area contributed by atoms with Crippen molar-refractivity contribution in [2.24, 2.45) is 0 Å². The normalized spacial score (nSPS) is 17.8. The Morgan fingerprint density at radius 1 is 0.912 bits per heavy atom. The lowest BCUT2D eigenvalue weighted by atomic mass is 9.89. The number of imide groups is 1. The molecular formula is C41H47ClN10O5. The number of likely N-dealkylation sites (tertiary alicyclic amines) is 1. The second kappa shape index (κ2) is 17.9. The number of methoxy groups -OCH3 is 1. The molecule has 4 heterocycles. The quantitative estimate of drug-likeness (QED) is 0.125. The van der Waals surface area contributed by atoms with Gasteiger partial charge in [0.05, 0.1) is 36.8 Å². The molecule has 0 bridgehead atoms. The number of nitrogens with zero attached hydrogens (tertiary/aromatic N) is 5. The fraction of sp³-hybridized carbons (Fsp3) is 0.366. The van der Waals surface area contributed by atoms with Gasteiger partial charge in [-0.25, -0.2) is 4.98 Å². The molecule has 1 unspecified atom stereocenters. The standard InChI is InChI=1S/C41H47ClN10O5/c1-43-39(55)30-5-3-4-6-32(30)46-38-31(42)24-44-41(49-38)47-33-12-11-29(23-35(33)57-2)51-19-21-52(22-20-51)37(54)25-50-17-15-27(16-18-50)26-7-9-28(10-8-26)45-34-13-14-36(53)48-40(34)56/h3-12,23-24,27,34,45H,13-22,25H2,1-2H3,(H,43,55)(H,48,53,56)(H2,44,46,47,49). The summed E-state index contributed by atoms with van der Waals surface area (Å²) < 4.78 is 5.75. The second-order valence-corrected chi connectivity index (χ2v) is 14.7. The third kappa shape index (κ3) is 9.55. The number of piperazine rings is 1. The average Bonchev–Trinajstić information content (AvgIpc) is 3.23. The van der Waals surface area contributed by atoms with Gasteiger partial charge in [0.1, 0.15) is 16.8 Å². The molecule has 3 fully saturated rings. The number of hydrogen-bond acceptors (Lipinski definition) is 12. The first-order valence-corrected chi connectivity index (χ1v) is 19.6. The van der Waals surface area contributed by atoms with Crippen molar-refractivity contribution in [3.8, 4) is 5.75 Å². The highest BCUT2D eigenvalue weighted by Gasteiger charge is 2.28. The number of rotatable bonds is 12. The van der Waals surface area contributed by atoms with E-state index in [0.717, 1.165) is 37.3 Å². The van der Waals surface area contributed by atoms with Crippen LogP contribution in [-0.4, -0.2) is 109 Å². The smallest absolute Gasteiger partial charge is 0.253 e. The second-order valence-electron chi connectivity index (χ2n) is 14.3. The molecule has 4 aromatic rings. The summed E-state index contributed by atoms with van der Waals surface area (Å²) in [6.45, 7) is 4.80. The number of anilines is 6. The minimum atomic E-state index is -0.402. The Morgan fingerprint density at radius 2 is 1.67 bits per heavy atom. The summed E-state index contributed by atoms with van der Waals surface area (Å²) in [5, 5.41) is 14.9. The van der Waals surface area contributed by atoms with Gasteiger partial charge in [0.2, 0.25) is 23.7 Å². The van der Waals surface area contributed by atoms with Crippen molar-refractivity contribution < 1.29 is 23.9 Å². The van der Waals surface area contributed by atoms with Crippen LogP contribution in [0.25, 0.3) is 0 Å². The molecule has 3 aromatic carbocycles. The lowest BCUT2D eigenvalue weighted by molar-refractivity contribution is -0.134. The first kappa shape index (κ1) is 39.3. The predicted octanol–water partition coefficient (Wildman–Crippen LogP) is 4.73. The number of nitrogens with one attached hydrogen (secondary N) is 5. The van der Waals surface area contributed by atoms with E-state index in [1.165, 1.54) is 11.8 Å². The molecule has 0 aliphatic carbocycles. The minimum absolute atomic E-state index is 0.156. The van der Waals surface area contributed by atoms with Gasteiger partial charge >= 0.3 is 0 Å². The third-order valence-electron chi connectivity index (χ3n) is 10.7. The number of amides is 4.